The molecule has 23 heavy (non-hydrogen) atoms. The lowest BCUT2D eigenvalue weighted by Crippen LogP contribution is -2.30. The minimum absolute atomic E-state index is 0. The summed E-state index contributed by atoms with van der Waals surface area (Å²) >= 11 is 1.43. The molecule has 2 aromatic rings. The Bertz CT molecular complexity index is 646. The summed E-state index contributed by atoms with van der Waals surface area (Å²) in [5.41, 5.74) is 4.40. The minimum Gasteiger partial charge on any atom is -0.383 e. The number of carbonyl (C=O) groups excluding carboxylic acids is 1. The molecule has 7 heteroatoms. The average molecular weight is 356 g/mol. The molecule has 1 aromatic carbocycles. The third-order valence-electron chi connectivity index (χ3n) is 3.18. The SMILES string of the molecule is COCCNCC(=O)Nc1nc(-c2ccc(C)cc2C)cs1.Cl. The molecule has 0 aliphatic rings. The van der Waals surface area contributed by atoms with Crippen LogP contribution in [0.5, 0.6) is 0 Å². The molecule has 0 saturated heterocycles. The highest BCUT2D eigenvalue weighted by Gasteiger charge is 2.09. The number of carbonyl (C=O) groups is 1. The van der Waals surface area contributed by atoms with Gasteiger partial charge in [0.25, 0.3) is 0 Å². The number of rotatable bonds is 7. The molecule has 2 rings (SSSR count). The molecule has 0 unspecified atom stereocenters. The highest BCUT2D eigenvalue weighted by Crippen LogP contribution is 2.27. The van der Waals surface area contributed by atoms with Crippen LogP contribution in [0.25, 0.3) is 11.3 Å². The van der Waals surface area contributed by atoms with E-state index in [2.05, 4.69) is 47.7 Å². The van der Waals surface area contributed by atoms with Crippen molar-refractivity contribution in [1.29, 1.82) is 0 Å². The Morgan fingerprint density at radius 2 is 2.13 bits per heavy atom. The Hall–Kier alpha value is -1.47. The molecule has 0 radical (unpaired) electrons. The van der Waals surface area contributed by atoms with Crippen LogP contribution in [-0.2, 0) is 9.53 Å². The highest BCUT2D eigenvalue weighted by molar-refractivity contribution is 7.14. The maximum absolute atomic E-state index is 11.8. The van der Waals surface area contributed by atoms with Crippen LogP contribution >= 0.6 is 23.7 Å². The van der Waals surface area contributed by atoms with Gasteiger partial charge in [0.1, 0.15) is 0 Å². The van der Waals surface area contributed by atoms with Crippen LogP contribution < -0.4 is 10.6 Å². The van der Waals surface area contributed by atoms with Crippen molar-refractivity contribution in [1.82, 2.24) is 10.3 Å². The van der Waals surface area contributed by atoms with E-state index in [-0.39, 0.29) is 24.9 Å². The monoisotopic (exact) mass is 355 g/mol. The number of ether oxygens (including phenoxy) is 1. The Labute approximate surface area is 146 Å². The van der Waals surface area contributed by atoms with Gasteiger partial charge in [-0.25, -0.2) is 4.98 Å². The van der Waals surface area contributed by atoms with Gasteiger partial charge in [-0.1, -0.05) is 23.8 Å². The number of amides is 1. The molecule has 1 amide bonds. The molecule has 0 bridgehead atoms. The van der Waals surface area contributed by atoms with Crippen LogP contribution in [0.4, 0.5) is 5.13 Å². The lowest BCUT2D eigenvalue weighted by Gasteiger charge is -2.04. The number of hydrogen-bond donors (Lipinski definition) is 2. The first kappa shape index (κ1) is 19.6. The molecule has 0 fully saturated rings. The number of benzene rings is 1. The van der Waals surface area contributed by atoms with Crippen molar-refractivity contribution in [2.24, 2.45) is 0 Å². The van der Waals surface area contributed by atoms with Crippen LogP contribution in [0, 0.1) is 13.8 Å². The second-order valence-electron chi connectivity index (χ2n) is 5.07. The van der Waals surface area contributed by atoms with E-state index in [0.717, 1.165) is 11.3 Å². The smallest absolute Gasteiger partial charge is 0.240 e. The molecule has 126 valence electrons. The van der Waals surface area contributed by atoms with Gasteiger partial charge < -0.3 is 15.4 Å². The van der Waals surface area contributed by atoms with Crippen LogP contribution in [-0.4, -0.2) is 37.7 Å². The van der Waals surface area contributed by atoms with E-state index in [1.54, 1.807) is 7.11 Å². The van der Waals surface area contributed by atoms with Gasteiger partial charge in [-0.15, -0.1) is 23.7 Å². The van der Waals surface area contributed by atoms with Gasteiger partial charge in [0.15, 0.2) is 5.13 Å². The first-order valence-corrected chi connectivity index (χ1v) is 8.01. The van der Waals surface area contributed by atoms with Crippen LogP contribution in [0.1, 0.15) is 11.1 Å². The van der Waals surface area contributed by atoms with Gasteiger partial charge in [-0.2, -0.15) is 0 Å². The van der Waals surface area contributed by atoms with Gasteiger partial charge in [0.2, 0.25) is 5.91 Å². The molecule has 0 aliphatic heterocycles. The number of anilines is 1. The van der Waals surface area contributed by atoms with Crippen molar-refractivity contribution < 1.29 is 9.53 Å². The third kappa shape index (κ3) is 5.91. The van der Waals surface area contributed by atoms with E-state index in [1.807, 2.05) is 5.38 Å². The van der Waals surface area contributed by atoms with E-state index in [0.29, 0.717) is 18.3 Å². The summed E-state index contributed by atoms with van der Waals surface area (Å²) in [6.45, 7) is 5.62. The number of aryl methyl sites for hydroxylation is 2. The molecule has 0 saturated carbocycles. The second-order valence-corrected chi connectivity index (χ2v) is 5.93. The normalized spacial score (nSPS) is 10.2. The zero-order valence-corrected chi connectivity index (χ0v) is 15.1. The predicted octanol–water partition coefficient (Wildman–Crippen LogP) is 3.02. The zero-order chi connectivity index (χ0) is 15.9. The molecule has 0 atom stereocenters. The Kier molecular flexibility index (Phi) is 8.19. The standard InChI is InChI=1S/C16H21N3O2S.ClH/c1-11-4-5-13(12(2)8-11)14-10-22-16(18-14)19-15(20)9-17-6-7-21-3;/h4-5,8,10,17H,6-7,9H2,1-3H3,(H,18,19,20);1H. The summed E-state index contributed by atoms with van der Waals surface area (Å²) in [5, 5.41) is 8.39. The number of thiazole rings is 1. The number of aromatic nitrogens is 1. The Morgan fingerprint density at radius 1 is 1.35 bits per heavy atom. The van der Waals surface area contributed by atoms with E-state index in [1.165, 1.54) is 22.5 Å². The zero-order valence-electron chi connectivity index (χ0n) is 13.5. The van der Waals surface area contributed by atoms with Gasteiger partial charge in [-0.05, 0) is 19.4 Å². The Morgan fingerprint density at radius 3 is 2.83 bits per heavy atom. The van der Waals surface area contributed by atoms with Crippen LogP contribution in [0.3, 0.4) is 0 Å². The van der Waals surface area contributed by atoms with Gasteiger partial charge in [0.05, 0.1) is 18.8 Å². The number of halogens is 1. The molecule has 0 spiro atoms. The maximum atomic E-state index is 11.8. The van der Waals surface area contributed by atoms with E-state index >= 15 is 0 Å². The summed E-state index contributed by atoms with van der Waals surface area (Å²) in [6, 6.07) is 6.27. The van der Waals surface area contributed by atoms with Gasteiger partial charge in [-0.3, -0.25) is 4.79 Å². The van der Waals surface area contributed by atoms with E-state index < -0.39 is 0 Å². The van der Waals surface area contributed by atoms with Crippen molar-refractivity contribution in [2.75, 3.05) is 32.1 Å². The fraction of sp³-hybridized carbons (Fsp3) is 0.375. The highest BCUT2D eigenvalue weighted by atomic mass is 35.5. The average Bonchev–Trinajstić information content (AvgIpc) is 2.92. The summed E-state index contributed by atoms with van der Waals surface area (Å²) in [5.74, 6) is -0.0994. The first-order chi connectivity index (χ1) is 10.6. The lowest BCUT2D eigenvalue weighted by atomic mass is 10.0. The number of nitrogens with zero attached hydrogens (tertiary/aromatic N) is 1. The number of nitrogens with one attached hydrogen (secondary N) is 2. The summed E-state index contributed by atoms with van der Waals surface area (Å²) in [6.07, 6.45) is 0. The van der Waals surface area contributed by atoms with Crippen molar-refractivity contribution in [3.05, 3.63) is 34.7 Å². The molecule has 1 heterocycles. The summed E-state index contributed by atoms with van der Waals surface area (Å²) in [4.78, 5) is 16.3. The fourth-order valence-electron chi connectivity index (χ4n) is 2.10. The summed E-state index contributed by atoms with van der Waals surface area (Å²) < 4.78 is 4.91. The van der Waals surface area contributed by atoms with Gasteiger partial charge >= 0.3 is 0 Å². The van der Waals surface area contributed by atoms with Crippen molar-refractivity contribution in [2.45, 2.75) is 13.8 Å². The third-order valence-corrected chi connectivity index (χ3v) is 3.93. The molecular weight excluding hydrogens is 334 g/mol. The van der Waals surface area contributed by atoms with Crippen molar-refractivity contribution >= 4 is 34.8 Å². The van der Waals surface area contributed by atoms with Crippen molar-refractivity contribution in [3.8, 4) is 11.3 Å². The van der Waals surface area contributed by atoms with E-state index in [4.69, 9.17) is 4.74 Å². The van der Waals surface area contributed by atoms with Crippen LogP contribution in [0.15, 0.2) is 23.6 Å². The lowest BCUT2D eigenvalue weighted by molar-refractivity contribution is -0.115. The van der Waals surface area contributed by atoms with Crippen molar-refractivity contribution in [3.63, 3.8) is 0 Å². The predicted molar refractivity (Wildman–Crippen MR) is 97.6 cm³/mol. The fourth-order valence-corrected chi connectivity index (χ4v) is 2.82. The molecule has 5 nitrogen and oxygen atoms in total. The number of hydrogen-bond acceptors (Lipinski definition) is 5. The van der Waals surface area contributed by atoms with Gasteiger partial charge in [0, 0.05) is 24.6 Å². The number of methoxy groups -OCH3 is 1. The first-order valence-electron chi connectivity index (χ1n) is 7.13. The largest absolute Gasteiger partial charge is 0.383 e. The quantitative estimate of drug-likeness (QED) is 0.749. The molecular formula is C16H22ClN3O2S. The van der Waals surface area contributed by atoms with E-state index in [9.17, 15) is 4.79 Å². The molecule has 1 aromatic heterocycles. The summed E-state index contributed by atoms with van der Waals surface area (Å²) in [7, 11) is 1.63. The van der Waals surface area contributed by atoms with Crippen LogP contribution in [0.2, 0.25) is 0 Å². The minimum atomic E-state index is -0.0994. The topological polar surface area (TPSA) is 63.2 Å². The second kappa shape index (κ2) is 9.62. The maximum Gasteiger partial charge on any atom is 0.240 e. The molecule has 0 aliphatic carbocycles. The Balaban J connectivity index is 0.00000264. The molecule has 2 N–H and O–H groups in total.